The number of carbonyl (C=O) groups is 1. The molecule has 2 aliphatic rings. The summed E-state index contributed by atoms with van der Waals surface area (Å²) in [5.74, 6) is -0.000981. The Balaban J connectivity index is 1.47. The van der Waals surface area contributed by atoms with Crippen molar-refractivity contribution in [2.75, 3.05) is 26.2 Å². The Kier molecular flexibility index (Phi) is 3.52. The SMILES string of the molecule is O=C(NCC1(Cn2cccn2)CC1)[C@@H]1CNCCO1. The van der Waals surface area contributed by atoms with E-state index < -0.39 is 0 Å². The van der Waals surface area contributed by atoms with Gasteiger partial charge in [-0.2, -0.15) is 5.10 Å². The smallest absolute Gasteiger partial charge is 0.250 e. The van der Waals surface area contributed by atoms with Crippen molar-refractivity contribution in [3.8, 4) is 0 Å². The number of hydrogen-bond donors (Lipinski definition) is 2. The van der Waals surface area contributed by atoms with Crippen LogP contribution in [0.15, 0.2) is 18.5 Å². The molecule has 2 heterocycles. The topological polar surface area (TPSA) is 68.2 Å². The third-order valence-electron chi connectivity index (χ3n) is 3.87. The lowest BCUT2D eigenvalue weighted by molar-refractivity contribution is -0.134. The van der Waals surface area contributed by atoms with Gasteiger partial charge in [-0.25, -0.2) is 0 Å². The Morgan fingerprint density at radius 1 is 1.58 bits per heavy atom. The molecule has 1 aliphatic carbocycles. The molecule has 1 amide bonds. The summed E-state index contributed by atoms with van der Waals surface area (Å²) in [5.41, 5.74) is 0.198. The average molecular weight is 264 g/mol. The molecule has 1 saturated heterocycles. The van der Waals surface area contributed by atoms with Gasteiger partial charge in [0, 0.05) is 44.0 Å². The summed E-state index contributed by atoms with van der Waals surface area (Å²) in [4.78, 5) is 12.0. The molecule has 1 aliphatic heterocycles. The normalized spacial score (nSPS) is 24.9. The molecule has 104 valence electrons. The van der Waals surface area contributed by atoms with Crippen LogP contribution >= 0.6 is 0 Å². The van der Waals surface area contributed by atoms with Crippen molar-refractivity contribution >= 4 is 5.91 Å². The van der Waals surface area contributed by atoms with Gasteiger partial charge in [0.25, 0.3) is 0 Å². The van der Waals surface area contributed by atoms with Crippen molar-refractivity contribution in [1.82, 2.24) is 20.4 Å². The minimum Gasteiger partial charge on any atom is -0.366 e. The van der Waals surface area contributed by atoms with Gasteiger partial charge in [-0.05, 0) is 18.9 Å². The Morgan fingerprint density at radius 2 is 2.47 bits per heavy atom. The fraction of sp³-hybridized carbons (Fsp3) is 0.692. The summed E-state index contributed by atoms with van der Waals surface area (Å²) in [6.45, 7) is 3.64. The maximum Gasteiger partial charge on any atom is 0.250 e. The van der Waals surface area contributed by atoms with Crippen molar-refractivity contribution in [2.24, 2.45) is 5.41 Å². The van der Waals surface area contributed by atoms with Gasteiger partial charge in [0.15, 0.2) is 0 Å². The second kappa shape index (κ2) is 5.30. The zero-order chi connectivity index (χ0) is 13.1. The molecule has 6 heteroatoms. The van der Waals surface area contributed by atoms with E-state index in [1.165, 1.54) is 0 Å². The predicted octanol–water partition coefficient (Wildman–Crippen LogP) is -0.232. The number of nitrogens with one attached hydrogen (secondary N) is 2. The highest BCUT2D eigenvalue weighted by Crippen LogP contribution is 2.46. The van der Waals surface area contributed by atoms with Crippen LogP contribution in [0.1, 0.15) is 12.8 Å². The largest absolute Gasteiger partial charge is 0.366 e. The molecule has 0 unspecified atom stereocenters. The van der Waals surface area contributed by atoms with Crippen molar-refractivity contribution in [3.63, 3.8) is 0 Å². The number of morpholine rings is 1. The molecule has 0 bridgehead atoms. The molecule has 6 nitrogen and oxygen atoms in total. The number of nitrogens with zero attached hydrogens (tertiary/aromatic N) is 2. The lowest BCUT2D eigenvalue weighted by Gasteiger charge is -2.24. The summed E-state index contributed by atoms with van der Waals surface area (Å²) in [5, 5.41) is 10.4. The van der Waals surface area contributed by atoms with E-state index in [1.807, 2.05) is 16.9 Å². The molecular formula is C13H20N4O2. The first-order chi connectivity index (χ1) is 9.27. The van der Waals surface area contributed by atoms with E-state index in [9.17, 15) is 4.79 Å². The van der Waals surface area contributed by atoms with Gasteiger partial charge in [0.2, 0.25) is 5.91 Å². The van der Waals surface area contributed by atoms with Crippen LogP contribution in [0.3, 0.4) is 0 Å². The number of ether oxygens (including phenoxy) is 1. The molecule has 1 atom stereocenters. The second-order valence-electron chi connectivity index (χ2n) is 5.49. The molecular weight excluding hydrogens is 244 g/mol. The molecule has 1 aromatic rings. The zero-order valence-electron chi connectivity index (χ0n) is 11.0. The van der Waals surface area contributed by atoms with Crippen LogP contribution in [-0.4, -0.2) is 48.0 Å². The van der Waals surface area contributed by atoms with Gasteiger partial charge in [-0.1, -0.05) is 0 Å². The van der Waals surface area contributed by atoms with Crippen LogP contribution in [-0.2, 0) is 16.1 Å². The lowest BCUT2D eigenvalue weighted by atomic mass is 10.1. The van der Waals surface area contributed by atoms with E-state index in [2.05, 4.69) is 15.7 Å². The van der Waals surface area contributed by atoms with Crippen LogP contribution in [0, 0.1) is 5.41 Å². The van der Waals surface area contributed by atoms with E-state index in [-0.39, 0.29) is 17.4 Å². The Hall–Kier alpha value is -1.40. The third-order valence-corrected chi connectivity index (χ3v) is 3.87. The first-order valence-electron chi connectivity index (χ1n) is 6.85. The van der Waals surface area contributed by atoms with E-state index in [0.717, 1.165) is 25.9 Å². The Bertz CT molecular complexity index is 422. The van der Waals surface area contributed by atoms with Gasteiger partial charge in [0.05, 0.1) is 6.61 Å². The second-order valence-corrected chi connectivity index (χ2v) is 5.49. The number of rotatable bonds is 5. The molecule has 2 fully saturated rings. The molecule has 2 N–H and O–H groups in total. The molecule has 19 heavy (non-hydrogen) atoms. The minimum absolute atomic E-state index is 0.000981. The number of aromatic nitrogens is 2. The van der Waals surface area contributed by atoms with Crippen molar-refractivity contribution in [1.29, 1.82) is 0 Å². The fourth-order valence-electron chi connectivity index (χ4n) is 2.43. The number of amides is 1. The molecule has 1 aromatic heterocycles. The summed E-state index contributed by atoms with van der Waals surface area (Å²) >= 11 is 0. The predicted molar refractivity (Wildman–Crippen MR) is 69.5 cm³/mol. The lowest BCUT2D eigenvalue weighted by Crippen LogP contribution is -2.49. The molecule has 1 saturated carbocycles. The standard InChI is InChI=1S/C13H20N4O2/c18-12(11-8-14-5-7-19-11)15-9-13(2-3-13)10-17-6-1-4-16-17/h1,4,6,11,14H,2-3,5,7-10H2,(H,15,18)/t11-/m0/s1. The number of hydrogen-bond acceptors (Lipinski definition) is 4. The third kappa shape index (κ3) is 3.13. The maximum absolute atomic E-state index is 12.0. The van der Waals surface area contributed by atoms with Crippen LogP contribution < -0.4 is 10.6 Å². The number of carbonyl (C=O) groups excluding carboxylic acids is 1. The first kappa shape index (κ1) is 12.6. The van der Waals surface area contributed by atoms with Crippen molar-refractivity contribution in [2.45, 2.75) is 25.5 Å². The monoisotopic (exact) mass is 264 g/mol. The molecule has 0 radical (unpaired) electrons. The molecule has 0 spiro atoms. The van der Waals surface area contributed by atoms with Crippen molar-refractivity contribution < 1.29 is 9.53 Å². The Morgan fingerprint density at radius 3 is 3.11 bits per heavy atom. The summed E-state index contributed by atoms with van der Waals surface area (Å²) in [7, 11) is 0. The quantitative estimate of drug-likeness (QED) is 0.771. The summed E-state index contributed by atoms with van der Waals surface area (Å²) in [6.07, 6.45) is 5.72. The highest BCUT2D eigenvalue weighted by Gasteiger charge is 2.43. The van der Waals surface area contributed by atoms with E-state index in [4.69, 9.17) is 4.74 Å². The Labute approximate surface area is 112 Å². The van der Waals surface area contributed by atoms with Crippen LogP contribution in [0.5, 0.6) is 0 Å². The average Bonchev–Trinajstić information content (AvgIpc) is 3.02. The van der Waals surface area contributed by atoms with Crippen LogP contribution in [0.2, 0.25) is 0 Å². The highest BCUT2D eigenvalue weighted by atomic mass is 16.5. The molecule has 0 aromatic carbocycles. The highest BCUT2D eigenvalue weighted by molar-refractivity contribution is 5.81. The van der Waals surface area contributed by atoms with Crippen LogP contribution in [0.25, 0.3) is 0 Å². The summed E-state index contributed by atoms with van der Waals surface area (Å²) in [6, 6.07) is 1.93. The first-order valence-corrected chi connectivity index (χ1v) is 6.85. The summed E-state index contributed by atoms with van der Waals surface area (Å²) < 4.78 is 7.38. The van der Waals surface area contributed by atoms with Crippen LogP contribution in [0.4, 0.5) is 0 Å². The van der Waals surface area contributed by atoms with E-state index in [1.54, 1.807) is 6.20 Å². The molecule has 3 rings (SSSR count). The minimum atomic E-state index is -0.339. The van der Waals surface area contributed by atoms with Gasteiger partial charge in [-0.3, -0.25) is 9.48 Å². The maximum atomic E-state index is 12.0. The van der Waals surface area contributed by atoms with Gasteiger partial charge in [0.1, 0.15) is 6.10 Å². The van der Waals surface area contributed by atoms with Gasteiger partial charge < -0.3 is 15.4 Å². The van der Waals surface area contributed by atoms with Gasteiger partial charge in [-0.15, -0.1) is 0 Å². The fourth-order valence-corrected chi connectivity index (χ4v) is 2.43. The zero-order valence-corrected chi connectivity index (χ0v) is 11.0. The van der Waals surface area contributed by atoms with E-state index in [0.29, 0.717) is 19.7 Å². The van der Waals surface area contributed by atoms with Gasteiger partial charge >= 0.3 is 0 Å². The van der Waals surface area contributed by atoms with E-state index >= 15 is 0 Å². The van der Waals surface area contributed by atoms with Crippen molar-refractivity contribution in [3.05, 3.63) is 18.5 Å².